The molecule has 0 bridgehead atoms. The van der Waals surface area contributed by atoms with Gasteiger partial charge in [0, 0.05) is 24.8 Å². The van der Waals surface area contributed by atoms with E-state index in [-0.39, 0.29) is 77.2 Å². The molecule has 2 N–H and O–H groups in total. The Hall–Kier alpha value is 0.01000. The third kappa shape index (κ3) is 5.73. The minimum absolute atomic E-state index is 0. The minimum Gasteiger partial charge on any atom is -0.748 e. The summed E-state index contributed by atoms with van der Waals surface area (Å²) in [7, 11) is -4.33. The second-order valence-corrected chi connectivity index (χ2v) is 13.8. The molecular weight excluding hydrogens is 477 g/mol. The van der Waals surface area contributed by atoms with Crippen LogP contribution in [0, 0.1) is 46.3 Å². The van der Waals surface area contributed by atoms with Gasteiger partial charge < -0.3 is 15.0 Å². The van der Waals surface area contributed by atoms with Crippen LogP contribution in [0.5, 0.6) is 0 Å². The van der Waals surface area contributed by atoms with E-state index in [1.807, 2.05) is 0 Å². The van der Waals surface area contributed by atoms with Crippen molar-refractivity contribution in [2.45, 2.75) is 91.1 Å². The summed E-state index contributed by atoms with van der Waals surface area (Å²) in [4.78, 5) is 26.0. The minimum atomic E-state index is -4.33. The molecule has 0 heterocycles. The number of hydrogen-bond donors (Lipinski definition) is 2. The first-order valence-corrected chi connectivity index (χ1v) is 14.9. The Labute approximate surface area is 233 Å². The van der Waals surface area contributed by atoms with E-state index in [2.05, 4.69) is 26.1 Å². The van der Waals surface area contributed by atoms with Crippen LogP contribution in [0.3, 0.4) is 0 Å². The van der Waals surface area contributed by atoms with Gasteiger partial charge in [-0.05, 0) is 92.3 Å². The summed E-state index contributed by atoms with van der Waals surface area (Å²) in [6.45, 7) is 6.58. The van der Waals surface area contributed by atoms with Gasteiger partial charge in [-0.15, -0.1) is 0 Å². The summed E-state index contributed by atoms with van der Waals surface area (Å²) >= 11 is 0. The van der Waals surface area contributed by atoms with Crippen LogP contribution < -0.4 is 34.9 Å². The van der Waals surface area contributed by atoms with Crippen molar-refractivity contribution >= 4 is 21.8 Å². The maximum absolute atomic E-state index is 13.8. The van der Waals surface area contributed by atoms with Crippen molar-refractivity contribution < 1.29 is 57.2 Å². The zero-order chi connectivity index (χ0) is 24.9. The Kier molecular flexibility index (Phi) is 9.30. The van der Waals surface area contributed by atoms with Gasteiger partial charge in [0.25, 0.3) is 0 Å². The zero-order valence-corrected chi connectivity index (χ0v) is 24.7. The van der Waals surface area contributed by atoms with Gasteiger partial charge in [-0.1, -0.05) is 20.8 Å². The van der Waals surface area contributed by atoms with Crippen LogP contribution in [0.2, 0.25) is 0 Å². The van der Waals surface area contributed by atoms with Crippen LogP contribution in [0.25, 0.3) is 0 Å². The summed E-state index contributed by atoms with van der Waals surface area (Å²) in [6.07, 6.45) is 8.61. The molecule has 0 radical (unpaired) electrons. The monoisotopic (exact) mass is 519 g/mol. The second kappa shape index (κ2) is 11.0. The summed E-state index contributed by atoms with van der Waals surface area (Å²) in [5, 5.41) is 12.8. The number of aliphatic hydroxyl groups excluding tert-OH is 1. The molecule has 0 unspecified atom stereocenters. The molecule has 0 saturated heterocycles. The number of amides is 1. The van der Waals surface area contributed by atoms with Crippen molar-refractivity contribution in [2.75, 3.05) is 12.3 Å². The van der Waals surface area contributed by atoms with Gasteiger partial charge in [-0.2, -0.15) is 0 Å². The van der Waals surface area contributed by atoms with Gasteiger partial charge in [0.1, 0.15) is 5.78 Å². The van der Waals surface area contributed by atoms with Crippen molar-refractivity contribution in [3.8, 4) is 0 Å². The normalized spacial score (nSPS) is 41.7. The van der Waals surface area contributed by atoms with Crippen LogP contribution in [0.4, 0.5) is 0 Å². The summed E-state index contributed by atoms with van der Waals surface area (Å²) in [5.74, 6) is 2.01. The van der Waals surface area contributed by atoms with Crippen molar-refractivity contribution in [1.29, 1.82) is 0 Å². The predicted molar refractivity (Wildman–Crippen MR) is 128 cm³/mol. The number of carbonyl (C=O) groups is 2. The molecular formula is C26H42NNaO6S. The van der Waals surface area contributed by atoms with Crippen molar-refractivity contribution in [3.63, 3.8) is 0 Å². The van der Waals surface area contributed by atoms with Gasteiger partial charge >= 0.3 is 29.6 Å². The first-order chi connectivity index (χ1) is 15.9. The fourth-order valence-corrected chi connectivity index (χ4v) is 9.20. The number of aliphatic hydroxyl groups is 1. The molecule has 4 fully saturated rings. The Morgan fingerprint density at radius 2 is 1.89 bits per heavy atom. The van der Waals surface area contributed by atoms with E-state index >= 15 is 0 Å². The maximum atomic E-state index is 13.8. The molecule has 4 aliphatic carbocycles. The molecule has 4 aliphatic rings. The smallest absolute Gasteiger partial charge is 0.748 e. The Morgan fingerprint density at radius 1 is 1.17 bits per heavy atom. The first-order valence-electron chi connectivity index (χ1n) is 13.3. The van der Waals surface area contributed by atoms with Gasteiger partial charge in [-0.25, -0.2) is 8.42 Å². The number of fused-ring (bicyclic) bond motifs is 5. The van der Waals surface area contributed by atoms with Crippen molar-refractivity contribution in [2.24, 2.45) is 46.3 Å². The topological polar surface area (TPSA) is 124 Å². The molecule has 4 rings (SSSR count). The van der Waals surface area contributed by atoms with Gasteiger partial charge in [0.05, 0.1) is 22.0 Å². The third-order valence-electron chi connectivity index (χ3n) is 10.8. The quantitative estimate of drug-likeness (QED) is 0.368. The summed E-state index contributed by atoms with van der Waals surface area (Å²) in [5.41, 5.74) is -0.163. The van der Waals surface area contributed by atoms with Crippen LogP contribution in [0.1, 0.15) is 85.0 Å². The average molecular weight is 520 g/mol. The number of hydrogen-bond acceptors (Lipinski definition) is 6. The standard InChI is InChI=1S/C26H43NO6S.Na/c1-16(4-9-24(30)27-12-13-34(31,32)33)20-7-8-21-19-6-5-17-14-18(28)10-11-25(17,2)22(19)15-23(29)26(20,21)3;/h16-22,28H,4-15H2,1-3H3,(H,27,30)(H,31,32,33);/q;+1/p-1/t16-,17-,18-,19+,20-,21+,22+,25+,26-;/m1./s1. The maximum Gasteiger partial charge on any atom is 1.00 e. The van der Waals surface area contributed by atoms with Gasteiger partial charge in [0.15, 0.2) is 0 Å². The first kappa shape index (κ1) is 29.6. The zero-order valence-electron chi connectivity index (χ0n) is 21.9. The molecule has 4 saturated carbocycles. The van der Waals surface area contributed by atoms with Gasteiger partial charge in [-0.3, -0.25) is 9.59 Å². The van der Waals surface area contributed by atoms with E-state index < -0.39 is 15.9 Å². The van der Waals surface area contributed by atoms with E-state index in [1.165, 1.54) is 0 Å². The van der Waals surface area contributed by atoms with Crippen molar-refractivity contribution in [1.82, 2.24) is 5.32 Å². The van der Waals surface area contributed by atoms with Gasteiger partial charge in [0.2, 0.25) is 5.91 Å². The molecule has 0 spiro atoms. The van der Waals surface area contributed by atoms with Crippen molar-refractivity contribution in [3.05, 3.63) is 0 Å². The van der Waals surface area contributed by atoms with Crippen LogP contribution in [0.15, 0.2) is 0 Å². The number of ketones is 1. The molecule has 9 heteroatoms. The molecule has 7 nitrogen and oxygen atoms in total. The number of rotatable bonds is 7. The summed E-state index contributed by atoms with van der Waals surface area (Å²) in [6, 6.07) is 0. The van der Waals surface area contributed by atoms with Crippen LogP contribution >= 0.6 is 0 Å². The van der Waals surface area contributed by atoms with E-state index in [4.69, 9.17) is 0 Å². The molecule has 194 valence electrons. The molecule has 0 aromatic rings. The van der Waals surface area contributed by atoms with E-state index in [1.54, 1.807) is 0 Å². The number of nitrogens with one attached hydrogen (secondary N) is 1. The van der Waals surface area contributed by atoms with Crippen LogP contribution in [-0.2, 0) is 19.7 Å². The fourth-order valence-electron chi connectivity index (χ4n) is 8.85. The van der Waals surface area contributed by atoms with Crippen LogP contribution in [-0.4, -0.2) is 48.2 Å². The molecule has 0 aromatic carbocycles. The second-order valence-electron chi connectivity index (χ2n) is 12.3. The Morgan fingerprint density at radius 3 is 2.57 bits per heavy atom. The number of Topliss-reactive ketones (excluding diaryl/α,β-unsaturated/α-hetero) is 1. The third-order valence-corrected chi connectivity index (χ3v) is 11.5. The molecule has 0 aromatic heterocycles. The number of carbonyl (C=O) groups excluding carboxylic acids is 2. The Bertz CT molecular complexity index is 912. The SMILES string of the molecule is C[C@H](CCC(=O)NCCS(=O)(=O)[O-])[C@H]1CC[C@H]2[C@@H]3CC[C@@H]4C[C@H](O)CC[C@]4(C)[C@H]3CC(=O)[C@]12C.[Na+]. The molecule has 0 aliphatic heterocycles. The van der Waals surface area contributed by atoms with E-state index in [0.717, 1.165) is 44.9 Å². The van der Waals surface area contributed by atoms with E-state index in [9.17, 15) is 27.7 Å². The fraction of sp³-hybridized carbons (Fsp3) is 0.923. The van der Waals surface area contributed by atoms with E-state index in [0.29, 0.717) is 42.3 Å². The summed E-state index contributed by atoms with van der Waals surface area (Å²) < 4.78 is 32.1. The Balaban J connectivity index is 0.00000342. The predicted octanol–water partition coefficient (Wildman–Crippen LogP) is 0.267. The molecule has 35 heavy (non-hydrogen) atoms. The molecule has 1 amide bonds. The largest absolute Gasteiger partial charge is 1.00 e. The molecule has 9 atom stereocenters. The average Bonchev–Trinajstić information content (AvgIpc) is 3.11.